The second-order valence-electron chi connectivity index (χ2n) is 4.07. The maximum absolute atomic E-state index is 4.37. The number of nitrogens with one attached hydrogen (secondary N) is 1. The lowest BCUT2D eigenvalue weighted by Crippen LogP contribution is -2.43. The Morgan fingerprint density at radius 2 is 2.13 bits per heavy atom. The number of imidazole rings is 1. The Bertz CT molecular complexity index is 312. The molecular weight excluding hydrogens is 188 g/mol. The largest absolute Gasteiger partial charge is 0.331 e. The zero-order chi connectivity index (χ0) is 10.7. The van der Waals surface area contributed by atoms with Crippen LogP contribution in [0.4, 0.5) is 0 Å². The summed E-state index contributed by atoms with van der Waals surface area (Å²) in [6, 6.07) is 0. The lowest BCUT2D eigenvalue weighted by molar-refractivity contribution is 0.228. The second-order valence-corrected chi connectivity index (χ2v) is 4.07. The number of hydrogen-bond acceptors (Lipinski definition) is 3. The van der Waals surface area contributed by atoms with E-state index in [9.17, 15) is 0 Å². The van der Waals surface area contributed by atoms with E-state index in [1.165, 1.54) is 5.69 Å². The number of rotatable bonds is 3. The highest BCUT2D eigenvalue weighted by molar-refractivity contribution is 5.04. The molecule has 15 heavy (non-hydrogen) atoms. The first kappa shape index (κ1) is 10.6. The highest BCUT2D eigenvalue weighted by Crippen LogP contribution is 2.08. The first-order chi connectivity index (χ1) is 7.31. The molecule has 0 atom stereocenters. The van der Waals surface area contributed by atoms with Crippen LogP contribution in [0.25, 0.3) is 0 Å². The number of aromatic nitrogens is 2. The normalized spacial score (nSPS) is 18.3. The fourth-order valence-electron chi connectivity index (χ4n) is 2.17. The number of nitrogens with zero attached hydrogens (tertiary/aromatic N) is 3. The van der Waals surface area contributed by atoms with Gasteiger partial charge in [-0.25, -0.2) is 4.98 Å². The highest BCUT2D eigenvalue weighted by Gasteiger charge is 2.12. The third-order valence-corrected chi connectivity index (χ3v) is 3.05. The van der Waals surface area contributed by atoms with Gasteiger partial charge in [-0.15, -0.1) is 0 Å². The van der Waals surface area contributed by atoms with Gasteiger partial charge in [0.2, 0.25) is 0 Å². The van der Waals surface area contributed by atoms with Crippen molar-refractivity contribution in [3.8, 4) is 0 Å². The van der Waals surface area contributed by atoms with Gasteiger partial charge in [0.25, 0.3) is 0 Å². The van der Waals surface area contributed by atoms with Gasteiger partial charge in [-0.2, -0.15) is 0 Å². The molecule has 0 bridgehead atoms. The van der Waals surface area contributed by atoms with Crippen molar-refractivity contribution in [1.82, 2.24) is 19.8 Å². The summed E-state index contributed by atoms with van der Waals surface area (Å²) in [6.07, 6.45) is 2.01. The molecule has 0 spiro atoms. The van der Waals surface area contributed by atoms with Gasteiger partial charge in [0.1, 0.15) is 5.82 Å². The molecule has 1 aliphatic heterocycles. The van der Waals surface area contributed by atoms with E-state index in [1.54, 1.807) is 0 Å². The lowest BCUT2D eigenvalue weighted by atomic mass is 10.3. The highest BCUT2D eigenvalue weighted by atomic mass is 15.2. The Morgan fingerprint density at radius 3 is 2.80 bits per heavy atom. The van der Waals surface area contributed by atoms with Crippen LogP contribution in [0.2, 0.25) is 0 Å². The average molecular weight is 208 g/mol. The van der Waals surface area contributed by atoms with E-state index in [-0.39, 0.29) is 0 Å². The fourth-order valence-corrected chi connectivity index (χ4v) is 2.17. The average Bonchev–Trinajstić information content (AvgIpc) is 2.61. The molecule has 1 aromatic heterocycles. The molecule has 0 amide bonds. The van der Waals surface area contributed by atoms with Crippen molar-refractivity contribution < 1.29 is 0 Å². The van der Waals surface area contributed by atoms with E-state index >= 15 is 0 Å². The molecule has 0 unspecified atom stereocenters. The second kappa shape index (κ2) is 4.77. The van der Waals surface area contributed by atoms with Crippen molar-refractivity contribution >= 4 is 0 Å². The minimum absolute atomic E-state index is 1.02. The molecule has 0 radical (unpaired) electrons. The predicted octanol–water partition coefficient (Wildman–Crippen LogP) is 0.617. The van der Waals surface area contributed by atoms with Gasteiger partial charge in [0, 0.05) is 45.5 Å². The van der Waals surface area contributed by atoms with E-state index in [0.717, 1.165) is 45.1 Å². The fraction of sp³-hybridized carbons (Fsp3) is 0.727. The smallest absolute Gasteiger partial charge is 0.105 e. The summed E-state index contributed by atoms with van der Waals surface area (Å²) in [4.78, 5) is 6.86. The molecule has 2 heterocycles. The third kappa shape index (κ3) is 2.38. The van der Waals surface area contributed by atoms with Crippen LogP contribution < -0.4 is 5.32 Å². The summed E-state index contributed by atoms with van der Waals surface area (Å²) in [5.41, 5.74) is 1.34. The SMILES string of the molecule is CCn1c(CN2CCNCC2)cnc1C. The molecule has 1 aromatic rings. The third-order valence-electron chi connectivity index (χ3n) is 3.05. The monoisotopic (exact) mass is 208 g/mol. The molecule has 4 heteroatoms. The van der Waals surface area contributed by atoms with Crippen LogP contribution in [0.15, 0.2) is 6.20 Å². The van der Waals surface area contributed by atoms with E-state index in [0.29, 0.717) is 0 Å². The van der Waals surface area contributed by atoms with Crippen molar-refractivity contribution in [2.24, 2.45) is 0 Å². The van der Waals surface area contributed by atoms with E-state index < -0.39 is 0 Å². The van der Waals surface area contributed by atoms with Gasteiger partial charge in [-0.3, -0.25) is 4.90 Å². The standard InChI is InChI=1S/C11H20N4/c1-3-15-10(2)13-8-11(15)9-14-6-4-12-5-7-14/h8,12H,3-7,9H2,1-2H3. The van der Waals surface area contributed by atoms with E-state index in [2.05, 4.69) is 33.6 Å². The van der Waals surface area contributed by atoms with Gasteiger partial charge in [0.05, 0.1) is 5.69 Å². The molecule has 2 rings (SSSR count). The Hall–Kier alpha value is -0.870. The van der Waals surface area contributed by atoms with Crippen LogP contribution in [-0.2, 0) is 13.1 Å². The zero-order valence-electron chi connectivity index (χ0n) is 9.66. The minimum atomic E-state index is 1.02. The molecule has 1 fully saturated rings. The van der Waals surface area contributed by atoms with Gasteiger partial charge >= 0.3 is 0 Å². The van der Waals surface area contributed by atoms with Crippen molar-refractivity contribution in [3.05, 3.63) is 17.7 Å². The molecule has 1 N–H and O–H groups in total. The topological polar surface area (TPSA) is 33.1 Å². The van der Waals surface area contributed by atoms with Gasteiger partial charge in [0.15, 0.2) is 0 Å². The van der Waals surface area contributed by atoms with Gasteiger partial charge in [-0.1, -0.05) is 0 Å². The van der Waals surface area contributed by atoms with E-state index in [4.69, 9.17) is 0 Å². The Balaban J connectivity index is 2.02. The molecule has 1 aliphatic rings. The first-order valence-electron chi connectivity index (χ1n) is 5.75. The van der Waals surface area contributed by atoms with Crippen molar-refractivity contribution in [2.45, 2.75) is 26.9 Å². The maximum Gasteiger partial charge on any atom is 0.105 e. The summed E-state index contributed by atoms with van der Waals surface area (Å²) >= 11 is 0. The lowest BCUT2D eigenvalue weighted by Gasteiger charge is -2.27. The molecule has 0 saturated carbocycles. The van der Waals surface area contributed by atoms with Crippen molar-refractivity contribution in [1.29, 1.82) is 0 Å². The van der Waals surface area contributed by atoms with Gasteiger partial charge in [-0.05, 0) is 13.8 Å². The summed E-state index contributed by atoms with van der Waals surface area (Å²) in [7, 11) is 0. The molecular formula is C11H20N4. The van der Waals surface area contributed by atoms with E-state index in [1.807, 2.05) is 6.20 Å². The van der Waals surface area contributed by atoms with Crippen molar-refractivity contribution in [2.75, 3.05) is 26.2 Å². The number of aryl methyl sites for hydroxylation is 1. The van der Waals surface area contributed by atoms with Crippen LogP contribution in [0, 0.1) is 6.92 Å². The number of piperazine rings is 1. The molecule has 4 nitrogen and oxygen atoms in total. The number of hydrogen-bond donors (Lipinski definition) is 1. The Labute approximate surface area is 91.3 Å². The van der Waals surface area contributed by atoms with Crippen LogP contribution >= 0.6 is 0 Å². The summed E-state index contributed by atoms with van der Waals surface area (Å²) < 4.78 is 2.29. The zero-order valence-corrected chi connectivity index (χ0v) is 9.66. The quantitative estimate of drug-likeness (QED) is 0.790. The molecule has 1 saturated heterocycles. The molecule has 84 valence electrons. The van der Waals surface area contributed by atoms with Crippen LogP contribution in [-0.4, -0.2) is 40.6 Å². The molecule has 0 aromatic carbocycles. The Kier molecular flexibility index (Phi) is 3.38. The van der Waals surface area contributed by atoms with Gasteiger partial charge < -0.3 is 9.88 Å². The summed E-state index contributed by atoms with van der Waals surface area (Å²) in [5.74, 6) is 1.13. The minimum Gasteiger partial charge on any atom is -0.331 e. The first-order valence-corrected chi connectivity index (χ1v) is 5.75. The summed E-state index contributed by atoms with van der Waals surface area (Å²) in [5, 5.41) is 3.37. The predicted molar refractivity (Wildman–Crippen MR) is 60.8 cm³/mol. The molecule has 0 aliphatic carbocycles. The summed E-state index contributed by atoms with van der Waals surface area (Å²) in [6.45, 7) is 10.8. The van der Waals surface area contributed by atoms with Crippen molar-refractivity contribution in [3.63, 3.8) is 0 Å². The van der Waals surface area contributed by atoms with Crippen LogP contribution in [0.5, 0.6) is 0 Å². The maximum atomic E-state index is 4.37. The van der Waals surface area contributed by atoms with Crippen LogP contribution in [0.3, 0.4) is 0 Å². The van der Waals surface area contributed by atoms with Crippen LogP contribution in [0.1, 0.15) is 18.4 Å². The Morgan fingerprint density at radius 1 is 1.40 bits per heavy atom.